The molecule has 0 radical (unpaired) electrons. The van der Waals surface area contributed by atoms with Gasteiger partial charge in [-0.15, -0.1) is 0 Å². The van der Waals surface area contributed by atoms with E-state index in [-0.39, 0.29) is 0 Å². The van der Waals surface area contributed by atoms with E-state index in [1.165, 1.54) is 14.2 Å². The number of methoxy groups -OCH3 is 2. The number of rotatable bonds is 8. The molecule has 1 heterocycles. The summed E-state index contributed by atoms with van der Waals surface area (Å²) in [7, 11) is 2.57. The Bertz CT molecular complexity index is 325. The van der Waals surface area contributed by atoms with Gasteiger partial charge in [-0.3, -0.25) is 0 Å². The summed E-state index contributed by atoms with van der Waals surface area (Å²) in [6, 6.07) is 0. The molecule has 2 unspecified atom stereocenters. The van der Waals surface area contributed by atoms with Gasteiger partial charge in [-0.05, 0) is 0 Å². The van der Waals surface area contributed by atoms with Crippen molar-refractivity contribution in [1.29, 1.82) is 0 Å². The van der Waals surface area contributed by atoms with E-state index in [0.717, 1.165) is 34.6 Å². The number of carbonyl (C=O) groups excluding carboxylic acids is 2. The Morgan fingerprint density at radius 1 is 0.905 bits per heavy atom. The first-order valence-corrected chi connectivity index (χ1v) is 13.9. The Morgan fingerprint density at radius 3 is 1.57 bits per heavy atom. The van der Waals surface area contributed by atoms with Crippen molar-refractivity contribution in [3.63, 3.8) is 0 Å². The van der Waals surface area contributed by atoms with E-state index >= 15 is 0 Å². The van der Waals surface area contributed by atoms with Crippen molar-refractivity contribution in [3.05, 3.63) is 0 Å². The zero-order valence-electron chi connectivity index (χ0n) is 13.3. The van der Waals surface area contributed by atoms with Crippen molar-refractivity contribution < 1.29 is 25.2 Å². The van der Waals surface area contributed by atoms with Crippen LogP contribution in [0.4, 0.5) is 0 Å². The van der Waals surface area contributed by atoms with Crippen molar-refractivity contribution in [1.82, 2.24) is 0 Å². The first-order valence-electron chi connectivity index (χ1n) is 7.54. The molecule has 21 heavy (non-hydrogen) atoms. The SMILES string of the molecule is CCC[CH2][Sn]1([CH2]CCC)[O]C(C(=O)OC)C(C(=O)OC)[O]1. The van der Waals surface area contributed by atoms with Crippen LogP contribution in [0.1, 0.15) is 39.5 Å². The van der Waals surface area contributed by atoms with Gasteiger partial charge in [0.2, 0.25) is 0 Å². The van der Waals surface area contributed by atoms with E-state index in [1.807, 2.05) is 0 Å². The number of ether oxygens (including phenoxy) is 2. The molecule has 0 aromatic heterocycles. The third kappa shape index (κ3) is 4.82. The normalized spacial score (nSPS) is 23.8. The van der Waals surface area contributed by atoms with E-state index in [1.54, 1.807) is 0 Å². The number of carbonyl (C=O) groups is 2. The van der Waals surface area contributed by atoms with Crippen LogP contribution in [0.15, 0.2) is 0 Å². The van der Waals surface area contributed by atoms with Gasteiger partial charge in [0, 0.05) is 0 Å². The van der Waals surface area contributed by atoms with Gasteiger partial charge in [0.1, 0.15) is 0 Å². The summed E-state index contributed by atoms with van der Waals surface area (Å²) in [6.07, 6.45) is 2.11. The monoisotopic (exact) mass is 410 g/mol. The van der Waals surface area contributed by atoms with Gasteiger partial charge in [-0.1, -0.05) is 0 Å². The third-order valence-electron chi connectivity index (χ3n) is 3.65. The number of hydrogen-bond donors (Lipinski definition) is 0. The summed E-state index contributed by atoms with van der Waals surface area (Å²) < 4.78 is 23.3. The van der Waals surface area contributed by atoms with E-state index in [2.05, 4.69) is 13.8 Å². The Morgan fingerprint density at radius 2 is 1.29 bits per heavy atom. The maximum atomic E-state index is 11.9. The summed E-state index contributed by atoms with van der Waals surface area (Å²) >= 11 is -3.41. The molecule has 1 saturated heterocycles. The second-order valence-corrected chi connectivity index (χ2v) is 14.6. The van der Waals surface area contributed by atoms with Crippen LogP contribution in [-0.4, -0.2) is 57.6 Å². The van der Waals surface area contributed by atoms with Gasteiger partial charge in [0.15, 0.2) is 0 Å². The van der Waals surface area contributed by atoms with Crippen molar-refractivity contribution >= 4 is 31.1 Å². The molecule has 2 atom stereocenters. The fraction of sp³-hybridized carbons (Fsp3) is 0.857. The molecular weight excluding hydrogens is 383 g/mol. The second kappa shape index (κ2) is 8.95. The van der Waals surface area contributed by atoms with E-state index in [0.29, 0.717) is 0 Å². The van der Waals surface area contributed by atoms with Crippen LogP contribution >= 0.6 is 0 Å². The fourth-order valence-corrected chi connectivity index (χ4v) is 13.6. The Kier molecular flexibility index (Phi) is 7.97. The molecule has 0 saturated carbocycles. The van der Waals surface area contributed by atoms with Gasteiger partial charge in [0.25, 0.3) is 0 Å². The summed E-state index contributed by atoms with van der Waals surface area (Å²) in [5.74, 6) is -1.12. The minimum atomic E-state index is -3.41. The number of unbranched alkanes of at least 4 members (excludes halogenated alkanes) is 2. The van der Waals surface area contributed by atoms with Crippen LogP contribution in [0.3, 0.4) is 0 Å². The van der Waals surface area contributed by atoms with Gasteiger partial charge in [0.05, 0.1) is 0 Å². The molecule has 0 amide bonds. The van der Waals surface area contributed by atoms with E-state index in [9.17, 15) is 9.59 Å². The molecule has 1 aliphatic heterocycles. The molecule has 0 aliphatic carbocycles. The predicted molar refractivity (Wildman–Crippen MR) is 79.0 cm³/mol. The molecule has 7 heteroatoms. The third-order valence-corrected chi connectivity index (χ3v) is 13.9. The van der Waals surface area contributed by atoms with Crippen LogP contribution in [0.5, 0.6) is 0 Å². The van der Waals surface area contributed by atoms with Crippen molar-refractivity contribution in [2.24, 2.45) is 0 Å². The maximum absolute atomic E-state index is 11.9. The Hall–Kier alpha value is -0.341. The summed E-state index contributed by atoms with van der Waals surface area (Å²) in [5.41, 5.74) is 0. The zero-order valence-corrected chi connectivity index (χ0v) is 16.2. The van der Waals surface area contributed by atoms with Crippen LogP contribution < -0.4 is 0 Å². The molecule has 1 aliphatic rings. The Labute approximate surface area is 131 Å². The summed E-state index contributed by atoms with van der Waals surface area (Å²) in [4.78, 5) is 23.8. The zero-order chi connectivity index (χ0) is 15.9. The molecule has 122 valence electrons. The standard InChI is InChI=1S/C6H8O6.2C4H9.Sn/c1-11-5(9)3(7)4(8)6(10)12-2;2*1-3-4-2;/h3-4H,1-2H3;2*1,3-4H2,2H3;/q-2;;;+2. The van der Waals surface area contributed by atoms with Crippen molar-refractivity contribution in [2.45, 2.75) is 60.6 Å². The molecule has 0 aromatic rings. The average molecular weight is 409 g/mol. The van der Waals surface area contributed by atoms with Crippen LogP contribution in [-0.2, 0) is 25.2 Å². The van der Waals surface area contributed by atoms with Gasteiger partial charge < -0.3 is 0 Å². The van der Waals surface area contributed by atoms with E-state index < -0.39 is 43.4 Å². The molecular formula is C14H26O6Sn. The first-order chi connectivity index (χ1) is 10.0. The van der Waals surface area contributed by atoms with Crippen LogP contribution in [0, 0.1) is 0 Å². The topological polar surface area (TPSA) is 71.1 Å². The quantitative estimate of drug-likeness (QED) is 0.452. The average Bonchev–Trinajstić information content (AvgIpc) is 2.89. The van der Waals surface area contributed by atoms with E-state index in [4.69, 9.17) is 15.6 Å². The minimum absolute atomic E-state index is 0.558. The molecule has 0 bridgehead atoms. The van der Waals surface area contributed by atoms with Crippen molar-refractivity contribution in [3.8, 4) is 0 Å². The molecule has 1 rings (SSSR count). The van der Waals surface area contributed by atoms with Crippen LogP contribution in [0.25, 0.3) is 0 Å². The molecule has 6 nitrogen and oxygen atoms in total. The predicted octanol–water partition coefficient (Wildman–Crippen LogP) is 2.16. The molecule has 0 spiro atoms. The summed E-state index contributed by atoms with van der Waals surface area (Å²) in [5, 5.41) is 0. The molecule has 0 N–H and O–H groups in total. The van der Waals surface area contributed by atoms with Gasteiger partial charge in [-0.2, -0.15) is 0 Å². The van der Waals surface area contributed by atoms with Crippen molar-refractivity contribution in [2.75, 3.05) is 14.2 Å². The summed E-state index contributed by atoms with van der Waals surface area (Å²) in [6.45, 7) is 4.20. The van der Waals surface area contributed by atoms with Crippen LogP contribution in [0.2, 0.25) is 8.87 Å². The second-order valence-electron chi connectivity index (χ2n) is 5.24. The number of esters is 2. The molecule has 1 fully saturated rings. The van der Waals surface area contributed by atoms with Gasteiger partial charge in [-0.25, -0.2) is 0 Å². The first kappa shape index (κ1) is 18.7. The van der Waals surface area contributed by atoms with Gasteiger partial charge >= 0.3 is 131 Å². The fourth-order valence-electron chi connectivity index (χ4n) is 2.44. The Balaban J connectivity index is 2.94. The molecule has 0 aromatic carbocycles. The number of hydrogen-bond acceptors (Lipinski definition) is 6.